The van der Waals surface area contributed by atoms with E-state index in [0.717, 1.165) is 11.6 Å². The molecule has 18 heavy (non-hydrogen) atoms. The van der Waals surface area contributed by atoms with E-state index in [0.29, 0.717) is 11.6 Å². The van der Waals surface area contributed by atoms with Gasteiger partial charge in [-0.1, -0.05) is 30.3 Å². The van der Waals surface area contributed by atoms with E-state index in [1.165, 1.54) is 0 Å². The molecule has 1 unspecified atom stereocenters. The SMILES string of the molecule is C=CC(=O)OCC(O)COCc1ccc(Cl)cc1. The van der Waals surface area contributed by atoms with Gasteiger partial charge in [0.25, 0.3) is 0 Å². The fourth-order valence-corrected chi connectivity index (χ4v) is 1.30. The lowest BCUT2D eigenvalue weighted by Gasteiger charge is -2.11. The number of carbonyl (C=O) groups is 1. The predicted molar refractivity (Wildman–Crippen MR) is 68.3 cm³/mol. The highest BCUT2D eigenvalue weighted by Crippen LogP contribution is 2.10. The number of carbonyl (C=O) groups excluding carboxylic acids is 1. The van der Waals surface area contributed by atoms with E-state index in [4.69, 9.17) is 16.3 Å². The summed E-state index contributed by atoms with van der Waals surface area (Å²) < 4.78 is 9.94. The first-order chi connectivity index (χ1) is 8.61. The number of aliphatic hydroxyl groups excluding tert-OH is 1. The van der Waals surface area contributed by atoms with E-state index in [2.05, 4.69) is 11.3 Å². The highest BCUT2D eigenvalue weighted by atomic mass is 35.5. The van der Waals surface area contributed by atoms with Crippen LogP contribution in [0.15, 0.2) is 36.9 Å². The fraction of sp³-hybridized carbons (Fsp3) is 0.308. The Morgan fingerprint density at radius 1 is 1.39 bits per heavy atom. The van der Waals surface area contributed by atoms with Crippen LogP contribution in [0.1, 0.15) is 5.56 Å². The molecule has 0 aliphatic rings. The molecule has 1 rings (SSSR count). The van der Waals surface area contributed by atoms with Crippen LogP contribution in [0.5, 0.6) is 0 Å². The Hall–Kier alpha value is -1.36. The number of hydrogen-bond acceptors (Lipinski definition) is 4. The van der Waals surface area contributed by atoms with Crippen molar-refractivity contribution < 1.29 is 19.4 Å². The molecule has 0 aliphatic carbocycles. The second-order valence-corrected chi connectivity index (χ2v) is 4.07. The number of esters is 1. The molecule has 1 N–H and O–H groups in total. The summed E-state index contributed by atoms with van der Waals surface area (Å²) in [6.45, 7) is 3.60. The van der Waals surface area contributed by atoms with Gasteiger partial charge in [-0.15, -0.1) is 0 Å². The Morgan fingerprint density at radius 2 is 2.06 bits per heavy atom. The first-order valence-corrected chi connectivity index (χ1v) is 5.79. The molecule has 0 fully saturated rings. The third-order valence-corrected chi connectivity index (χ3v) is 2.33. The molecular weight excluding hydrogens is 256 g/mol. The molecule has 1 atom stereocenters. The van der Waals surface area contributed by atoms with Crippen LogP contribution in [0.2, 0.25) is 5.02 Å². The fourth-order valence-electron chi connectivity index (χ4n) is 1.18. The molecule has 0 radical (unpaired) electrons. The van der Waals surface area contributed by atoms with Crippen LogP contribution in [0.25, 0.3) is 0 Å². The summed E-state index contributed by atoms with van der Waals surface area (Å²) in [5, 5.41) is 10.1. The predicted octanol–water partition coefficient (Wildman–Crippen LogP) is 1.95. The molecule has 4 nitrogen and oxygen atoms in total. The lowest BCUT2D eigenvalue weighted by Crippen LogP contribution is -2.23. The summed E-state index contributed by atoms with van der Waals surface area (Å²) in [7, 11) is 0. The monoisotopic (exact) mass is 270 g/mol. The zero-order chi connectivity index (χ0) is 13.4. The van der Waals surface area contributed by atoms with E-state index in [9.17, 15) is 9.90 Å². The topological polar surface area (TPSA) is 55.8 Å². The molecule has 1 aromatic rings. The molecule has 1 aromatic carbocycles. The van der Waals surface area contributed by atoms with Gasteiger partial charge in [0, 0.05) is 11.1 Å². The second kappa shape index (κ2) is 7.87. The van der Waals surface area contributed by atoms with Crippen LogP contribution in [0, 0.1) is 0 Å². The van der Waals surface area contributed by atoms with Gasteiger partial charge < -0.3 is 14.6 Å². The van der Waals surface area contributed by atoms with Crippen molar-refractivity contribution in [1.29, 1.82) is 0 Å². The number of benzene rings is 1. The van der Waals surface area contributed by atoms with Crippen molar-refractivity contribution in [3.05, 3.63) is 47.5 Å². The number of halogens is 1. The van der Waals surface area contributed by atoms with Gasteiger partial charge in [0.15, 0.2) is 0 Å². The summed E-state index contributed by atoms with van der Waals surface area (Å²) in [6.07, 6.45) is 0.197. The summed E-state index contributed by atoms with van der Waals surface area (Å²) in [5.74, 6) is -0.563. The Labute approximate surface area is 111 Å². The largest absolute Gasteiger partial charge is 0.460 e. The van der Waals surface area contributed by atoms with Crippen molar-refractivity contribution in [1.82, 2.24) is 0 Å². The minimum absolute atomic E-state index is 0.0903. The normalized spacial score (nSPS) is 11.9. The molecule has 0 spiro atoms. The van der Waals surface area contributed by atoms with Crippen LogP contribution in [-0.2, 0) is 20.9 Å². The van der Waals surface area contributed by atoms with Gasteiger partial charge >= 0.3 is 5.97 Å². The lowest BCUT2D eigenvalue weighted by molar-refractivity contribution is -0.141. The highest BCUT2D eigenvalue weighted by Gasteiger charge is 2.07. The third-order valence-electron chi connectivity index (χ3n) is 2.08. The average molecular weight is 271 g/mol. The van der Waals surface area contributed by atoms with Crippen molar-refractivity contribution in [3.8, 4) is 0 Å². The molecule has 0 amide bonds. The van der Waals surface area contributed by atoms with E-state index in [1.54, 1.807) is 12.1 Å². The highest BCUT2D eigenvalue weighted by molar-refractivity contribution is 6.30. The molecule has 0 aliphatic heterocycles. The Bertz CT molecular complexity index is 388. The van der Waals surface area contributed by atoms with Crippen molar-refractivity contribution in [2.24, 2.45) is 0 Å². The Kier molecular flexibility index (Phi) is 6.43. The van der Waals surface area contributed by atoms with Gasteiger partial charge in [0.1, 0.15) is 12.7 Å². The van der Waals surface area contributed by atoms with E-state index in [1.807, 2.05) is 12.1 Å². The summed E-state index contributed by atoms with van der Waals surface area (Å²) in [5.41, 5.74) is 0.953. The standard InChI is InChI=1S/C13H15ClO4/c1-2-13(16)18-9-12(15)8-17-7-10-3-5-11(14)6-4-10/h2-6,12,15H,1,7-9H2. The zero-order valence-electron chi connectivity index (χ0n) is 9.84. The van der Waals surface area contributed by atoms with Gasteiger partial charge in [-0.2, -0.15) is 0 Å². The van der Waals surface area contributed by atoms with Crippen molar-refractivity contribution in [3.63, 3.8) is 0 Å². The van der Waals surface area contributed by atoms with Crippen LogP contribution < -0.4 is 0 Å². The molecule has 98 valence electrons. The average Bonchev–Trinajstić information content (AvgIpc) is 2.38. The van der Waals surface area contributed by atoms with Gasteiger partial charge in [-0.3, -0.25) is 0 Å². The first kappa shape index (κ1) is 14.7. The Balaban J connectivity index is 2.19. The van der Waals surface area contributed by atoms with Gasteiger partial charge in [-0.25, -0.2) is 4.79 Å². The summed E-state index contributed by atoms with van der Waals surface area (Å²) >= 11 is 5.74. The minimum Gasteiger partial charge on any atom is -0.460 e. The van der Waals surface area contributed by atoms with Gasteiger partial charge in [-0.05, 0) is 17.7 Å². The molecule has 0 saturated heterocycles. The number of ether oxygens (including phenoxy) is 2. The van der Waals surface area contributed by atoms with Crippen molar-refractivity contribution >= 4 is 17.6 Å². The summed E-state index contributed by atoms with van der Waals surface area (Å²) in [6, 6.07) is 7.21. The lowest BCUT2D eigenvalue weighted by atomic mass is 10.2. The Morgan fingerprint density at radius 3 is 2.67 bits per heavy atom. The van der Waals surface area contributed by atoms with E-state index < -0.39 is 12.1 Å². The zero-order valence-corrected chi connectivity index (χ0v) is 10.6. The molecule has 0 bridgehead atoms. The molecular formula is C13H15ClO4. The second-order valence-electron chi connectivity index (χ2n) is 3.63. The maximum atomic E-state index is 10.7. The quantitative estimate of drug-likeness (QED) is 0.608. The van der Waals surface area contributed by atoms with Gasteiger partial charge in [0.05, 0.1) is 13.2 Å². The maximum Gasteiger partial charge on any atom is 0.330 e. The van der Waals surface area contributed by atoms with E-state index in [-0.39, 0.29) is 13.2 Å². The number of rotatable bonds is 7. The summed E-state index contributed by atoms with van der Waals surface area (Å²) in [4.78, 5) is 10.7. The number of hydrogen-bond donors (Lipinski definition) is 1. The van der Waals surface area contributed by atoms with Crippen LogP contribution in [0.3, 0.4) is 0 Å². The van der Waals surface area contributed by atoms with Crippen LogP contribution in [0.4, 0.5) is 0 Å². The molecule has 0 heterocycles. The third kappa shape index (κ3) is 5.82. The minimum atomic E-state index is -0.846. The maximum absolute atomic E-state index is 10.7. The van der Waals surface area contributed by atoms with Crippen LogP contribution in [-0.4, -0.2) is 30.4 Å². The van der Waals surface area contributed by atoms with Crippen molar-refractivity contribution in [2.45, 2.75) is 12.7 Å². The molecule has 5 heteroatoms. The smallest absolute Gasteiger partial charge is 0.330 e. The first-order valence-electron chi connectivity index (χ1n) is 5.41. The molecule has 0 aromatic heterocycles. The van der Waals surface area contributed by atoms with Crippen LogP contribution >= 0.6 is 11.6 Å². The molecule has 0 saturated carbocycles. The van der Waals surface area contributed by atoms with E-state index >= 15 is 0 Å². The van der Waals surface area contributed by atoms with Gasteiger partial charge in [0.2, 0.25) is 0 Å². The van der Waals surface area contributed by atoms with Crippen molar-refractivity contribution in [2.75, 3.05) is 13.2 Å². The number of aliphatic hydroxyl groups is 1.